The smallest absolute Gasteiger partial charge is 0.233 e. The number of phenolic OH excluding ortho intramolecular Hbond substituents is 2. The maximum atomic E-state index is 11.3. The first kappa shape index (κ1) is 13.3. The number of likely N-dealkylation sites (N-methyl/N-ethyl adjacent to an activating group) is 2. The summed E-state index contributed by atoms with van der Waals surface area (Å²) >= 11 is 0. The van der Waals surface area contributed by atoms with Gasteiger partial charge < -0.3 is 15.5 Å². The molecule has 5 nitrogen and oxygen atoms in total. The number of nitrogens with one attached hydrogen (secondary N) is 1. The molecule has 94 valence electrons. The summed E-state index contributed by atoms with van der Waals surface area (Å²) in [6, 6.07) is 4.34. The largest absolute Gasteiger partial charge is 0.507 e. The molecule has 3 N–H and O–H groups in total. The van der Waals surface area contributed by atoms with E-state index in [9.17, 15) is 15.0 Å². The van der Waals surface area contributed by atoms with E-state index in [1.165, 1.54) is 12.1 Å². The third-order valence-electron chi connectivity index (χ3n) is 2.81. The molecule has 0 radical (unpaired) electrons. The molecular formula is C12H18N2O3. The summed E-state index contributed by atoms with van der Waals surface area (Å²) in [4.78, 5) is 13.0. The van der Waals surface area contributed by atoms with Gasteiger partial charge in [-0.3, -0.25) is 9.69 Å². The fourth-order valence-electron chi connectivity index (χ4n) is 1.63. The van der Waals surface area contributed by atoms with Gasteiger partial charge in [-0.2, -0.15) is 0 Å². The number of phenols is 2. The van der Waals surface area contributed by atoms with Crippen molar-refractivity contribution in [2.75, 3.05) is 20.6 Å². The second-order valence-electron chi connectivity index (χ2n) is 3.97. The van der Waals surface area contributed by atoms with Crippen LogP contribution in [0.5, 0.6) is 11.5 Å². The number of aromatic hydroxyl groups is 2. The predicted molar refractivity (Wildman–Crippen MR) is 64.9 cm³/mol. The van der Waals surface area contributed by atoms with Crippen LogP contribution in [0.2, 0.25) is 0 Å². The number of rotatable bonds is 4. The summed E-state index contributed by atoms with van der Waals surface area (Å²) in [5.41, 5.74) is 0.430. The molecule has 1 unspecified atom stereocenters. The molecular weight excluding hydrogens is 220 g/mol. The van der Waals surface area contributed by atoms with Crippen molar-refractivity contribution < 1.29 is 15.0 Å². The van der Waals surface area contributed by atoms with Crippen LogP contribution in [0.4, 0.5) is 0 Å². The fraction of sp³-hybridized carbons (Fsp3) is 0.417. The molecule has 1 atom stereocenters. The second kappa shape index (κ2) is 5.54. The number of amides is 1. The Balaban J connectivity index is 2.88. The minimum absolute atomic E-state index is 0.0289. The van der Waals surface area contributed by atoms with Crippen molar-refractivity contribution >= 4 is 5.91 Å². The van der Waals surface area contributed by atoms with Gasteiger partial charge in [0.2, 0.25) is 5.91 Å². The van der Waals surface area contributed by atoms with Crippen LogP contribution in [-0.2, 0) is 4.79 Å². The molecule has 0 bridgehead atoms. The highest BCUT2D eigenvalue weighted by Crippen LogP contribution is 2.34. The van der Waals surface area contributed by atoms with E-state index in [4.69, 9.17) is 0 Å². The van der Waals surface area contributed by atoms with E-state index in [1.807, 2.05) is 6.92 Å². The van der Waals surface area contributed by atoms with E-state index in [-0.39, 0.29) is 30.0 Å². The average Bonchev–Trinajstić information content (AvgIpc) is 2.28. The van der Waals surface area contributed by atoms with Crippen LogP contribution in [0.1, 0.15) is 18.5 Å². The third kappa shape index (κ3) is 3.10. The highest BCUT2D eigenvalue weighted by molar-refractivity contribution is 5.77. The topological polar surface area (TPSA) is 72.8 Å². The highest BCUT2D eigenvalue weighted by Gasteiger charge is 2.20. The van der Waals surface area contributed by atoms with Crippen LogP contribution in [0.25, 0.3) is 0 Å². The van der Waals surface area contributed by atoms with Gasteiger partial charge in [-0.15, -0.1) is 0 Å². The quantitative estimate of drug-likeness (QED) is 0.726. The summed E-state index contributed by atoms with van der Waals surface area (Å²) in [7, 11) is 3.32. The molecule has 0 aliphatic heterocycles. The number of carbonyl (C=O) groups excluding carboxylic acids is 1. The number of carbonyl (C=O) groups is 1. The van der Waals surface area contributed by atoms with E-state index in [1.54, 1.807) is 25.1 Å². The number of hydrogen-bond acceptors (Lipinski definition) is 4. The fourth-order valence-corrected chi connectivity index (χ4v) is 1.63. The molecule has 17 heavy (non-hydrogen) atoms. The first-order valence-electron chi connectivity index (χ1n) is 5.39. The van der Waals surface area contributed by atoms with Gasteiger partial charge in [0.05, 0.1) is 12.1 Å². The number of hydrogen-bond donors (Lipinski definition) is 3. The van der Waals surface area contributed by atoms with Crippen LogP contribution < -0.4 is 5.32 Å². The molecule has 0 spiro atoms. The Morgan fingerprint density at radius 3 is 2.41 bits per heavy atom. The predicted octanol–water partition coefficient (Wildman–Crippen LogP) is 0.837. The maximum absolute atomic E-state index is 11.3. The lowest BCUT2D eigenvalue weighted by molar-refractivity contribution is -0.121. The monoisotopic (exact) mass is 238 g/mol. The molecule has 1 amide bonds. The second-order valence-corrected chi connectivity index (χ2v) is 3.97. The lowest BCUT2D eigenvalue weighted by Crippen LogP contribution is -2.34. The van der Waals surface area contributed by atoms with Gasteiger partial charge in [0, 0.05) is 13.1 Å². The Kier molecular flexibility index (Phi) is 4.34. The molecule has 1 aromatic carbocycles. The van der Waals surface area contributed by atoms with Crippen molar-refractivity contribution in [2.45, 2.75) is 13.0 Å². The zero-order valence-corrected chi connectivity index (χ0v) is 10.3. The summed E-state index contributed by atoms with van der Waals surface area (Å²) in [5, 5.41) is 22.0. The van der Waals surface area contributed by atoms with Gasteiger partial charge in [-0.05, 0) is 26.1 Å². The summed E-state index contributed by atoms with van der Waals surface area (Å²) < 4.78 is 0. The zero-order chi connectivity index (χ0) is 13.0. The molecule has 0 saturated carbocycles. The van der Waals surface area contributed by atoms with Crippen molar-refractivity contribution in [3.05, 3.63) is 23.8 Å². The van der Waals surface area contributed by atoms with Crippen molar-refractivity contribution in [1.82, 2.24) is 10.2 Å². The minimum atomic E-state index is -0.256. The summed E-state index contributed by atoms with van der Waals surface area (Å²) in [6.45, 7) is 2.02. The lowest BCUT2D eigenvalue weighted by atomic mass is 10.0. The van der Waals surface area contributed by atoms with E-state index in [2.05, 4.69) is 5.32 Å². The summed E-state index contributed by atoms with van der Waals surface area (Å²) in [5.74, 6) is -0.0585. The Morgan fingerprint density at radius 2 is 1.94 bits per heavy atom. The number of nitrogens with zero attached hydrogens (tertiary/aromatic N) is 1. The maximum Gasteiger partial charge on any atom is 0.233 e. The van der Waals surface area contributed by atoms with Gasteiger partial charge in [-0.1, -0.05) is 6.07 Å². The van der Waals surface area contributed by atoms with Gasteiger partial charge in [0.1, 0.15) is 11.5 Å². The van der Waals surface area contributed by atoms with E-state index >= 15 is 0 Å². The molecule has 0 aliphatic carbocycles. The van der Waals surface area contributed by atoms with Crippen LogP contribution >= 0.6 is 0 Å². The van der Waals surface area contributed by atoms with E-state index < -0.39 is 0 Å². The molecule has 0 fully saturated rings. The molecule has 0 saturated heterocycles. The normalized spacial score (nSPS) is 12.5. The van der Waals surface area contributed by atoms with Crippen LogP contribution in [0, 0.1) is 0 Å². The van der Waals surface area contributed by atoms with Crippen LogP contribution in [0.15, 0.2) is 18.2 Å². The molecule has 1 rings (SSSR count). The average molecular weight is 238 g/mol. The van der Waals surface area contributed by atoms with Gasteiger partial charge >= 0.3 is 0 Å². The first-order chi connectivity index (χ1) is 7.97. The van der Waals surface area contributed by atoms with E-state index in [0.717, 1.165) is 0 Å². The SMILES string of the molecule is CNC(=O)CN(C)C(C)c1c(O)cccc1O. The van der Waals surface area contributed by atoms with Crippen LogP contribution in [0.3, 0.4) is 0 Å². The van der Waals surface area contributed by atoms with Crippen molar-refractivity contribution in [1.29, 1.82) is 0 Å². The van der Waals surface area contributed by atoms with E-state index in [0.29, 0.717) is 5.56 Å². The summed E-state index contributed by atoms with van der Waals surface area (Å²) in [6.07, 6.45) is 0. The Hall–Kier alpha value is -1.75. The number of benzene rings is 1. The Morgan fingerprint density at radius 1 is 1.41 bits per heavy atom. The first-order valence-corrected chi connectivity index (χ1v) is 5.39. The standard InChI is InChI=1S/C12H18N2O3/c1-8(14(3)7-11(17)13-2)12-9(15)5-4-6-10(12)16/h4-6,8,15-16H,7H2,1-3H3,(H,13,17). The Labute approximate surface area is 101 Å². The van der Waals surface area contributed by atoms with Gasteiger partial charge in [0.25, 0.3) is 0 Å². The molecule has 5 heteroatoms. The van der Waals surface area contributed by atoms with Crippen LogP contribution in [-0.4, -0.2) is 41.7 Å². The molecule has 1 aromatic rings. The molecule has 0 heterocycles. The lowest BCUT2D eigenvalue weighted by Gasteiger charge is -2.25. The third-order valence-corrected chi connectivity index (χ3v) is 2.81. The highest BCUT2D eigenvalue weighted by atomic mass is 16.3. The molecule has 0 aliphatic rings. The van der Waals surface area contributed by atoms with Crippen molar-refractivity contribution in [3.8, 4) is 11.5 Å². The van der Waals surface area contributed by atoms with Crippen molar-refractivity contribution in [2.24, 2.45) is 0 Å². The van der Waals surface area contributed by atoms with Crippen molar-refractivity contribution in [3.63, 3.8) is 0 Å². The van der Waals surface area contributed by atoms with Gasteiger partial charge in [0.15, 0.2) is 0 Å². The minimum Gasteiger partial charge on any atom is -0.507 e. The zero-order valence-electron chi connectivity index (χ0n) is 10.3. The Bertz CT molecular complexity index is 386. The molecule has 0 aromatic heterocycles. The van der Waals surface area contributed by atoms with Gasteiger partial charge in [-0.25, -0.2) is 0 Å².